The Hall–Kier alpha value is -1.79. The summed E-state index contributed by atoms with van der Waals surface area (Å²) in [7, 11) is 2.28. The molecule has 1 aliphatic carbocycles. The molecular weight excluding hydrogens is 372 g/mol. The number of benzene rings is 1. The molecule has 5 nitrogen and oxygen atoms in total. The van der Waals surface area contributed by atoms with Gasteiger partial charge in [-0.05, 0) is 61.1 Å². The molecule has 1 aromatic carbocycles. The highest BCUT2D eigenvalue weighted by molar-refractivity contribution is 5.38. The molecule has 3 heterocycles. The summed E-state index contributed by atoms with van der Waals surface area (Å²) in [5.74, 6) is 0. The van der Waals surface area contributed by atoms with Gasteiger partial charge in [-0.15, -0.1) is 0 Å². The fraction of sp³-hybridized carbons (Fsp3) is 0.560. The van der Waals surface area contributed by atoms with Gasteiger partial charge >= 0.3 is 0 Å². The molecule has 3 aliphatic rings. The van der Waals surface area contributed by atoms with Crippen molar-refractivity contribution >= 4 is 0 Å². The SMILES string of the molecule is CN(C[C@@H]1Cc2c(cccc2CN2CCOCC2)CN1)[C@H]1CCCc2cccnc21. The maximum atomic E-state index is 5.53. The van der Waals surface area contributed by atoms with E-state index in [4.69, 9.17) is 9.72 Å². The normalized spacial score (nSPS) is 24.5. The van der Waals surface area contributed by atoms with E-state index in [2.05, 4.69) is 52.5 Å². The molecule has 1 saturated heterocycles. The zero-order valence-corrected chi connectivity index (χ0v) is 18.1. The molecule has 0 spiro atoms. The zero-order valence-electron chi connectivity index (χ0n) is 18.1. The third-order valence-electron chi connectivity index (χ3n) is 7.11. The minimum Gasteiger partial charge on any atom is -0.379 e. The van der Waals surface area contributed by atoms with Crippen molar-refractivity contribution in [3.63, 3.8) is 0 Å². The number of hydrogen-bond donors (Lipinski definition) is 1. The molecule has 2 aliphatic heterocycles. The number of nitrogens with zero attached hydrogens (tertiary/aromatic N) is 3. The molecule has 0 unspecified atom stereocenters. The van der Waals surface area contributed by atoms with E-state index in [0.717, 1.165) is 52.4 Å². The van der Waals surface area contributed by atoms with Gasteiger partial charge in [-0.2, -0.15) is 0 Å². The van der Waals surface area contributed by atoms with Crippen molar-refractivity contribution in [2.75, 3.05) is 39.9 Å². The van der Waals surface area contributed by atoms with Crippen LogP contribution in [0.25, 0.3) is 0 Å². The molecule has 2 aromatic rings. The third-order valence-corrected chi connectivity index (χ3v) is 7.11. The van der Waals surface area contributed by atoms with Crippen LogP contribution in [0.4, 0.5) is 0 Å². The first kappa shape index (κ1) is 20.1. The lowest BCUT2D eigenvalue weighted by molar-refractivity contribution is 0.0340. The highest BCUT2D eigenvalue weighted by Gasteiger charge is 2.28. The Morgan fingerprint density at radius 2 is 2.03 bits per heavy atom. The summed E-state index contributed by atoms with van der Waals surface area (Å²) in [6, 6.07) is 12.1. The lowest BCUT2D eigenvalue weighted by Crippen LogP contribution is -2.45. The van der Waals surface area contributed by atoms with E-state index in [1.54, 1.807) is 5.56 Å². The largest absolute Gasteiger partial charge is 0.379 e. The van der Waals surface area contributed by atoms with Crippen molar-refractivity contribution in [3.05, 3.63) is 64.5 Å². The van der Waals surface area contributed by atoms with Crippen LogP contribution in [0.15, 0.2) is 36.5 Å². The van der Waals surface area contributed by atoms with Crippen molar-refractivity contribution in [1.29, 1.82) is 0 Å². The number of ether oxygens (including phenoxy) is 1. The number of aryl methyl sites for hydroxylation is 1. The standard InChI is InChI=1S/C25H34N4O/c1-28(24-9-3-5-19-8-4-10-26-25(19)24)18-22-15-23-20(16-27-22)6-2-7-21(23)17-29-11-13-30-14-12-29/h2,4,6-8,10,22,24,27H,3,5,9,11-18H2,1H3/t22-,24-/m0/s1. The van der Waals surface area contributed by atoms with Crippen molar-refractivity contribution in [2.24, 2.45) is 0 Å². The first-order valence-electron chi connectivity index (χ1n) is 11.5. The summed E-state index contributed by atoms with van der Waals surface area (Å²) in [6.07, 6.45) is 6.72. The van der Waals surface area contributed by atoms with Gasteiger partial charge in [-0.1, -0.05) is 24.3 Å². The molecular formula is C25H34N4O. The third kappa shape index (κ3) is 4.30. The Morgan fingerprint density at radius 3 is 2.93 bits per heavy atom. The molecule has 160 valence electrons. The van der Waals surface area contributed by atoms with Gasteiger partial charge in [0.2, 0.25) is 0 Å². The Morgan fingerprint density at radius 1 is 1.17 bits per heavy atom. The molecule has 0 saturated carbocycles. The zero-order chi connectivity index (χ0) is 20.3. The number of nitrogens with one attached hydrogen (secondary N) is 1. The lowest BCUT2D eigenvalue weighted by Gasteiger charge is -2.37. The second-order valence-corrected chi connectivity index (χ2v) is 9.12. The Kier molecular flexibility index (Phi) is 6.14. The minimum atomic E-state index is 0.446. The smallest absolute Gasteiger partial charge is 0.0607 e. The van der Waals surface area contributed by atoms with E-state index >= 15 is 0 Å². The van der Waals surface area contributed by atoms with Crippen LogP contribution in [0.3, 0.4) is 0 Å². The van der Waals surface area contributed by atoms with Gasteiger partial charge in [0.1, 0.15) is 0 Å². The fourth-order valence-electron chi connectivity index (χ4n) is 5.45. The van der Waals surface area contributed by atoms with E-state index in [9.17, 15) is 0 Å². The van der Waals surface area contributed by atoms with Gasteiger partial charge < -0.3 is 10.1 Å². The summed E-state index contributed by atoms with van der Waals surface area (Å²) in [5, 5.41) is 3.80. The van der Waals surface area contributed by atoms with Gasteiger partial charge in [0.05, 0.1) is 24.9 Å². The molecule has 1 fully saturated rings. The summed E-state index contributed by atoms with van der Waals surface area (Å²) in [6.45, 7) is 6.90. The minimum absolute atomic E-state index is 0.446. The van der Waals surface area contributed by atoms with Crippen LogP contribution in [0.5, 0.6) is 0 Å². The molecule has 0 radical (unpaired) electrons. The number of rotatable bonds is 5. The van der Waals surface area contributed by atoms with E-state index in [1.165, 1.54) is 41.6 Å². The second kappa shape index (κ2) is 9.15. The van der Waals surface area contributed by atoms with Crippen molar-refractivity contribution in [1.82, 2.24) is 20.1 Å². The van der Waals surface area contributed by atoms with Crippen LogP contribution in [0.2, 0.25) is 0 Å². The van der Waals surface area contributed by atoms with Crippen molar-refractivity contribution in [2.45, 2.75) is 50.9 Å². The quantitative estimate of drug-likeness (QED) is 0.827. The molecule has 2 atom stereocenters. The predicted molar refractivity (Wildman–Crippen MR) is 119 cm³/mol. The van der Waals surface area contributed by atoms with E-state index in [-0.39, 0.29) is 0 Å². The fourth-order valence-corrected chi connectivity index (χ4v) is 5.45. The average molecular weight is 407 g/mol. The highest BCUT2D eigenvalue weighted by atomic mass is 16.5. The van der Waals surface area contributed by atoms with Crippen LogP contribution < -0.4 is 5.32 Å². The molecule has 1 N–H and O–H groups in total. The van der Waals surface area contributed by atoms with Crippen molar-refractivity contribution < 1.29 is 4.74 Å². The highest BCUT2D eigenvalue weighted by Crippen LogP contribution is 2.32. The summed E-state index contributed by atoms with van der Waals surface area (Å²) in [4.78, 5) is 9.83. The molecule has 30 heavy (non-hydrogen) atoms. The lowest BCUT2D eigenvalue weighted by atomic mass is 9.89. The predicted octanol–water partition coefficient (Wildman–Crippen LogP) is 2.94. The van der Waals surface area contributed by atoms with Crippen LogP contribution in [-0.4, -0.2) is 60.7 Å². The van der Waals surface area contributed by atoms with Crippen LogP contribution >= 0.6 is 0 Å². The van der Waals surface area contributed by atoms with Gasteiger partial charge in [0.15, 0.2) is 0 Å². The van der Waals surface area contributed by atoms with Gasteiger partial charge in [-0.3, -0.25) is 14.8 Å². The number of hydrogen-bond acceptors (Lipinski definition) is 5. The maximum Gasteiger partial charge on any atom is 0.0607 e. The number of fused-ring (bicyclic) bond motifs is 2. The first-order valence-corrected chi connectivity index (χ1v) is 11.5. The van der Waals surface area contributed by atoms with E-state index in [1.807, 2.05) is 6.20 Å². The number of aromatic nitrogens is 1. The Labute approximate surface area is 180 Å². The number of pyridine rings is 1. The Bertz CT molecular complexity index is 864. The van der Waals surface area contributed by atoms with E-state index in [0.29, 0.717) is 12.1 Å². The van der Waals surface area contributed by atoms with Gasteiger partial charge in [0.25, 0.3) is 0 Å². The first-order chi connectivity index (χ1) is 14.8. The maximum absolute atomic E-state index is 5.53. The summed E-state index contributed by atoms with van der Waals surface area (Å²) in [5.41, 5.74) is 7.30. The average Bonchev–Trinajstić information content (AvgIpc) is 2.80. The molecule has 0 amide bonds. The van der Waals surface area contributed by atoms with Crippen LogP contribution in [-0.2, 0) is 30.7 Å². The number of likely N-dealkylation sites (N-methyl/N-ethyl adjacent to an activating group) is 1. The summed E-state index contributed by atoms with van der Waals surface area (Å²) < 4.78 is 5.53. The van der Waals surface area contributed by atoms with Crippen LogP contribution in [0.1, 0.15) is 46.8 Å². The second-order valence-electron chi connectivity index (χ2n) is 9.12. The van der Waals surface area contributed by atoms with Crippen molar-refractivity contribution in [3.8, 4) is 0 Å². The monoisotopic (exact) mass is 406 g/mol. The molecule has 5 heteroatoms. The van der Waals surface area contributed by atoms with Gasteiger partial charge in [-0.25, -0.2) is 0 Å². The Balaban J connectivity index is 1.28. The molecule has 0 bridgehead atoms. The van der Waals surface area contributed by atoms with Crippen LogP contribution in [0, 0.1) is 0 Å². The van der Waals surface area contributed by atoms with Gasteiger partial charge in [0, 0.05) is 45.0 Å². The molecule has 5 rings (SSSR count). The topological polar surface area (TPSA) is 40.6 Å². The summed E-state index contributed by atoms with van der Waals surface area (Å²) >= 11 is 0. The molecule has 1 aromatic heterocycles. The number of morpholine rings is 1. The van der Waals surface area contributed by atoms with E-state index < -0.39 is 0 Å².